The van der Waals surface area contributed by atoms with Crippen molar-refractivity contribution in [2.24, 2.45) is 0 Å². The number of amides is 1. The molecule has 8 nitrogen and oxygen atoms in total. The Hall–Kier alpha value is -2.66. The van der Waals surface area contributed by atoms with Crippen LogP contribution in [0.1, 0.15) is 24.4 Å². The fourth-order valence-corrected chi connectivity index (χ4v) is 2.76. The van der Waals surface area contributed by atoms with Gasteiger partial charge in [0.2, 0.25) is 5.91 Å². The summed E-state index contributed by atoms with van der Waals surface area (Å²) in [6.45, 7) is 3.36. The highest BCUT2D eigenvalue weighted by Crippen LogP contribution is 2.11. The van der Waals surface area contributed by atoms with E-state index in [1.54, 1.807) is 21.9 Å². The number of rotatable bonds is 7. The first-order valence-electron chi connectivity index (χ1n) is 7.97. The van der Waals surface area contributed by atoms with E-state index in [4.69, 9.17) is 10.8 Å². The zero-order valence-corrected chi connectivity index (χ0v) is 13.5. The van der Waals surface area contributed by atoms with Gasteiger partial charge in [-0.05, 0) is 48.5 Å². The molecule has 1 aliphatic heterocycles. The van der Waals surface area contributed by atoms with Crippen molar-refractivity contribution in [3.8, 4) is 12.3 Å². The van der Waals surface area contributed by atoms with E-state index in [-0.39, 0.29) is 19.0 Å². The molecular weight excluding hydrogens is 308 g/mol. The molecular formula is C16H20N6O2. The van der Waals surface area contributed by atoms with E-state index in [1.807, 2.05) is 6.07 Å². The molecule has 0 bridgehead atoms. The number of tetrazole rings is 1. The molecule has 0 radical (unpaired) electrons. The molecule has 126 valence electrons. The van der Waals surface area contributed by atoms with Crippen LogP contribution in [0, 0.1) is 12.3 Å². The van der Waals surface area contributed by atoms with Crippen LogP contribution in [-0.2, 0) is 24.4 Å². The molecule has 0 saturated carbocycles. The smallest absolute Gasteiger partial charge is 0.245 e. The summed E-state index contributed by atoms with van der Waals surface area (Å²) in [6, 6.07) is 3.59. The normalized spacial score (nSPS) is 14.6. The molecule has 0 N–H and O–H groups in total. The highest BCUT2D eigenvalue weighted by molar-refractivity contribution is 5.76. The van der Waals surface area contributed by atoms with Gasteiger partial charge in [-0.3, -0.25) is 9.69 Å². The number of hydrogen-bond donors (Lipinski definition) is 0. The summed E-state index contributed by atoms with van der Waals surface area (Å²) in [4.78, 5) is 16.4. The monoisotopic (exact) mass is 328 g/mol. The Kier molecular flexibility index (Phi) is 5.23. The maximum atomic E-state index is 12.6. The quantitative estimate of drug-likeness (QED) is 0.690. The van der Waals surface area contributed by atoms with E-state index in [9.17, 15) is 4.79 Å². The van der Waals surface area contributed by atoms with Crippen LogP contribution in [0.15, 0.2) is 22.8 Å². The van der Waals surface area contributed by atoms with Crippen LogP contribution in [0.2, 0.25) is 0 Å². The van der Waals surface area contributed by atoms with E-state index < -0.39 is 0 Å². The van der Waals surface area contributed by atoms with Crippen LogP contribution in [0.3, 0.4) is 0 Å². The number of nitrogens with zero attached hydrogens (tertiary/aromatic N) is 6. The number of hydrogen-bond acceptors (Lipinski definition) is 6. The number of terminal acetylenes is 1. The molecule has 1 saturated heterocycles. The fraction of sp³-hybridized carbons (Fsp3) is 0.500. The minimum Gasteiger partial charge on any atom is -0.467 e. The second kappa shape index (κ2) is 7.75. The first kappa shape index (κ1) is 16.2. The van der Waals surface area contributed by atoms with Gasteiger partial charge in [0.1, 0.15) is 12.3 Å². The molecule has 1 fully saturated rings. The molecule has 0 aliphatic carbocycles. The second-order valence-electron chi connectivity index (χ2n) is 5.77. The van der Waals surface area contributed by atoms with Gasteiger partial charge in [0.15, 0.2) is 5.82 Å². The van der Waals surface area contributed by atoms with Gasteiger partial charge in [-0.1, -0.05) is 5.92 Å². The Morgan fingerprint density at radius 3 is 2.96 bits per heavy atom. The van der Waals surface area contributed by atoms with E-state index >= 15 is 0 Å². The van der Waals surface area contributed by atoms with Crippen molar-refractivity contribution in [3.63, 3.8) is 0 Å². The predicted molar refractivity (Wildman–Crippen MR) is 85.3 cm³/mol. The molecule has 8 heteroatoms. The van der Waals surface area contributed by atoms with Crippen molar-refractivity contribution in [1.82, 2.24) is 30.0 Å². The Balaban J connectivity index is 1.64. The Labute approximate surface area is 140 Å². The standard InChI is InChI=1S/C16H20N6O2/c1-2-7-21(11-14-6-5-10-24-14)16(23)13-22-15(17-18-19-22)12-20-8-3-4-9-20/h1,5-6,10H,3-4,7-9,11-13H2. The predicted octanol–water partition coefficient (Wildman–Crippen LogP) is 0.524. The average molecular weight is 328 g/mol. The van der Waals surface area contributed by atoms with Crippen LogP contribution >= 0.6 is 0 Å². The van der Waals surface area contributed by atoms with Crippen molar-refractivity contribution in [2.45, 2.75) is 32.5 Å². The van der Waals surface area contributed by atoms with Gasteiger partial charge in [0.05, 0.1) is 25.9 Å². The van der Waals surface area contributed by atoms with Crippen LogP contribution in [-0.4, -0.2) is 55.5 Å². The molecule has 1 amide bonds. The number of aromatic nitrogens is 4. The summed E-state index contributed by atoms with van der Waals surface area (Å²) in [5.41, 5.74) is 0. The van der Waals surface area contributed by atoms with Gasteiger partial charge in [-0.2, -0.15) is 0 Å². The molecule has 2 aromatic heterocycles. The number of furan rings is 1. The molecule has 3 rings (SSSR count). The topological polar surface area (TPSA) is 80.3 Å². The van der Waals surface area contributed by atoms with Gasteiger partial charge < -0.3 is 9.32 Å². The summed E-state index contributed by atoms with van der Waals surface area (Å²) >= 11 is 0. The van der Waals surface area contributed by atoms with Crippen molar-refractivity contribution < 1.29 is 9.21 Å². The molecule has 2 aromatic rings. The van der Waals surface area contributed by atoms with Gasteiger partial charge in [0.25, 0.3) is 0 Å². The largest absolute Gasteiger partial charge is 0.467 e. The maximum absolute atomic E-state index is 12.6. The first-order chi connectivity index (χ1) is 11.8. The Morgan fingerprint density at radius 2 is 2.25 bits per heavy atom. The molecule has 3 heterocycles. The maximum Gasteiger partial charge on any atom is 0.245 e. The summed E-state index contributed by atoms with van der Waals surface area (Å²) in [7, 11) is 0. The van der Waals surface area contributed by atoms with Crippen molar-refractivity contribution >= 4 is 5.91 Å². The third kappa shape index (κ3) is 4.00. The highest BCUT2D eigenvalue weighted by atomic mass is 16.3. The van der Waals surface area contributed by atoms with E-state index in [2.05, 4.69) is 26.3 Å². The molecule has 1 aliphatic rings. The third-order valence-electron chi connectivity index (χ3n) is 4.02. The minimum atomic E-state index is -0.140. The SMILES string of the molecule is C#CCN(Cc1ccco1)C(=O)Cn1nnnc1CN1CCCC1. The second-order valence-corrected chi connectivity index (χ2v) is 5.77. The van der Waals surface area contributed by atoms with E-state index in [0.717, 1.165) is 13.1 Å². The Bertz CT molecular complexity index is 696. The van der Waals surface area contributed by atoms with Crippen LogP contribution in [0.4, 0.5) is 0 Å². The molecule has 0 spiro atoms. The lowest BCUT2D eigenvalue weighted by Gasteiger charge is -2.19. The lowest BCUT2D eigenvalue weighted by molar-refractivity contribution is -0.132. The average Bonchev–Trinajstić information content (AvgIpc) is 3.31. The fourth-order valence-electron chi connectivity index (χ4n) is 2.76. The summed E-state index contributed by atoms with van der Waals surface area (Å²) < 4.78 is 6.84. The summed E-state index contributed by atoms with van der Waals surface area (Å²) in [5.74, 6) is 3.75. The van der Waals surface area contributed by atoms with Crippen LogP contribution in [0.5, 0.6) is 0 Å². The number of carbonyl (C=O) groups is 1. The van der Waals surface area contributed by atoms with Gasteiger partial charge in [-0.25, -0.2) is 4.68 Å². The third-order valence-corrected chi connectivity index (χ3v) is 4.02. The van der Waals surface area contributed by atoms with Gasteiger partial charge in [-0.15, -0.1) is 11.5 Å². The van der Waals surface area contributed by atoms with Crippen molar-refractivity contribution in [2.75, 3.05) is 19.6 Å². The molecule has 0 aromatic carbocycles. The molecule has 24 heavy (non-hydrogen) atoms. The minimum absolute atomic E-state index is 0.0680. The van der Waals surface area contributed by atoms with Crippen LogP contribution < -0.4 is 0 Å². The van der Waals surface area contributed by atoms with E-state index in [1.165, 1.54) is 12.8 Å². The Morgan fingerprint density at radius 1 is 1.42 bits per heavy atom. The van der Waals surface area contributed by atoms with Gasteiger partial charge in [0, 0.05) is 0 Å². The zero-order chi connectivity index (χ0) is 16.8. The van der Waals surface area contributed by atoms with Gasteiger partial charge >= 0.3 is 0 Å². The van der Waals surface area contributed by atoms with Crippen molar-refractivity contribution in [1.29, 1.82) is 0 Å². The summed E-state index contributed by atoms with van der Waals surface area (Å²) in [6.07, 6.45) is 9.34. The lowest BCUT2D eigenvalue weighted by Crippen LogP contribution is -2.34. The number of carbonyl (C=O) groups excluding carboxylic acids is 1. The summed E-state index contributed by atoms with van der Waals surface area (Å²) in [5, 5.41) is 11.7. The van der Waals surface area contributed by atoms with Crippen LogP contribution in [0.25, 0.3) is 0 Å². The number of likely N-dealkylation sites (tertiary alicyclic amines) is 1. The van der Waals surface area contributed by atoms with E-state index in [0.29, 0.717) is 24.7 Å². The first-order valence-corrected chi connectivity index (χ1v) is 7.97. The molecule has 0 atom stereocenters. The highest BCUT2D eigenvalue weighted by Gasteiger charge is 2.20. The van der Waals surface area contributed by atoms with Crippen molar-refractivity contribution in [3.05, 3.63) is 30.0 Å². The molecule has 0 unspecified atom stereocenters. The zero-order valence-electron chi connectivity index (χ0n) is 13.5. The lowest BCUT2D eigenvalue weighted by atomic mass is 10.3.